The molecule has 122 valence electrons. The van der Waals surface area contributed by atoms with Gasteiger partial charge in [0.2, 0.25) is 0 Å². The number of nitrogens with zero attached hydrogens (tertiary/aromatic N) is 3. The van der Waals surface area contributed by atoms with Crippen molar-refractivity contribution >= 4 is 22.4 Å². The summed E-state index contributed by atoms with van der Waals surface area (Å²) < 4.78 is 5.67. The van der Waals surface area contributed by atoms with Crippen molar-refractivity contribution in [3.63, 3.8) is 0 Å². The third kappa shape index (κ3) is 2.41. The molecule has 5 heteroatoms. The van der Waals surface area contributed by atoms with Crippen LogP contribution in [-0.2, 0) is 0 Å². The molecule has 2 aromatic carbocycles. The second kappa shape index (κ2) is 5.63. The predicted octanol–water partition coefficient (Wildman–Crippen LogP) is 4.51. The highest BCUT2D eigenvalue weighted by Gasteiger charge is 2.32. The van der Waals surface area contributed by atoms with Crippen LogP contribution in [0.5, 0.6) is 0 Å². The van der Waals surface area contributed by atoms with Gasteiger partial charge < -0.3 is 9.40 Å². The summed E-state index contributed by atoms with van der Waals surface area (Å²) in [6, 6.07) is 22.1. The van der Waals surface area contributed by atoms with Gasteiger partial charge in [0, 0.05) is 6.42 Å². The lowest BCUT2D eigenvalue weighted by molar-refractivity contribution is 0.465. The number of imidazole rings is 1. The zero-order valence-electron chi connectivity index (χ0n) is 13.5. The standard InChI is InChI=1S/C20H16N4O/c1-2-7-14(8-3-1)24-18(19-11-6-12-25-19)13-17(23-24)20-21-15-9-4-5-10-16(15)22-20/h1-12,18H,13H2,(H,21,22). The Kier molecular flexibility index (Phi) is 3.16. The fourth-order valence-electron chi connectivity index (χ4n) is 3.26. The number of hydrogen-bond donors (Lipinski definition) is 1. The Balaban J connectivity index is 1.58. The maximum absolute atomic E-state index is 5.67. The summed E-state index contributed by atoms with van der Waals surface area (Å²) >= 11 is 0. The van der Waals surface area contributed by atoms with E-state index in [-0.39, 0.29) is 6.04 Å². The van der Waals surface area contributed by atoms with Crippen molar-refractivity contribution in [1.82, 2.24) is 9.97 Å². The molecule has 1 aliphatic rings. The Hall–Kier alpha value is -3.34. The van der Waals surface area contributed by atoms with Gasteiger partial charge in [0.25, 0.3) is 0 Å². The molecule has 5 nitrogen and oxygen atoms in total. The van der Waals surface area contributed by atoms with Crippen molar-refractivity contribution in [2.24, 2.45) is 5.10 Å². The maximum Gasteiger partial charge on any atom is 0.154 e. The van der Waals surface area contributed by atoms with Gasteiger partial charge in [-0.2, -0.15) is 5.10 Å². The van der Waals surface area contributed by atoms with Gasteiger partial charge in [-0.05, 0) is 36.4 Å². The van der Waals surface area contributed by atoms with E-state index in [0.29, 0.717) is 0 Å². The molecule has 0 aliphatic carbocycles. The molecular weight excluding hydrogens is 312 g/mol. The average molecular weight is 328 g/mol. The molecule has 0 saturated carbocycles. The van der Waals surface area contributed by atoms with Crippen molar-refractivity contribution in [2.75, 3.05) is 5.01 Å². The normalized spacial score (nSPS) is 17.2. The first kappa shape index (κ1) is 14.0. The number of aromatic nitrogens is 2. The summed E-state index contributed by atoms with van der Waals surface area (Å²) in [5.74, 6) is 1.72. The first-order valence-corrected chi connectivity index (χ1v) is 8.29. The Morgan fingerprint density at radius 1 is 0.960 bits per heavy atom. The van der Waals surface area contributed by atoms with E-state index in [1.165, 1.54) is 0 Å². The number of fused-ring (bicyclic) bond motifs is 1. The lowest BCUT2D eigenvalue weighted by atomic mass is 10.1. The first-order chi connectivity index (χ1) is 12.4. The van der Waals surface area contributed by atoms with E-state index in [1.54, 1.807) is 6.26 Å². The van der Waals surface area contributed by atoms with Crippen LogP contribution in [0.25, 0.3) is 11.0 Å². The Labute approximate surface area is 144 Å². The van der Waals surface area contributed by atoms with E-state index >= 15 is 0 Å². The molecular formula is C20H16N4O. The number of hydrogen-bond acceptors (Lipinski definition) is 4. The van der Waals surface area contributed by atoms with Crippen LogP contribution in [0.2, 0.25) is 0 Å². The number of benzene rings is 2. The molecule has 1 aliphatic heterocycles. The molecule has 1 N–H and O–H groups in total. The molecule has 0 fully saturated rings. The molecule has 1 unspecified atom stereocenters. The SMILES string of the molecule is c1ccc(N2N=C(c3nc4ccccc4[nH]3)CC2c2ccco2)cc1. The van der Waals surface area contributed by atoms with Gasteiger partial charge in [-0.3, -0.25) is 5.01 Å². The summed E-state index contributed by atoms with van der Waals surface area (Å²) in [5, 5.41) is 6.87. The van der Waals surface area contributed by atoms with E-state index in [2.05, 4.69) is 17.1 Å². The monoisotopic (exact) mass is 328 g/mol. The highest BCUT2D eigenvalue weighted by molar-refractivity contribution is 6.02. The summed E-state index contributed by atoms with van der Waals surface area (Å²) in [7, 11) is 0. The molecule has 0 bridgehead atoms. The lowest BCUT2D eigenvalue weighted by Gasteiger charge is -2.21. The number of H-pyrrole nitrogens is 1. The number of para-hydroxylation sites is 3. The van der Waals surface area contributed by atoms with Gasteiger partial charge in [-0.1, -0.05) is 30.3 Å². The van der Waals surface area contributed by atoms with Crippen molar-refractivity contribution in [2.45, 2.75) is 12.5 Å². The van der Waals surface area contributed by atoms with Gasteiger partial charge >= 0.3 is 0 Å². The van der Waals surface area contributed by atoms with Crippen LogP contribution in [0.15, 0.2) is 82.5 Å². The van der Waals surface area contributed by atoms with Crippen LogP contribution in [0, 0.1) is 0 Å². The molecule has 0 amide bonds. The molecule has 0 spiro atoms. The van der Waals surface area contributed by atoms with E-state index in [9.17, 15) is 0 Å². The molecule has 2 aromatic heterocycles. The summed E-state index contributed by atoms with van der Waals surface area (Å²) in [6.45, 7) is 0. The molecule has 0 radical (unpaired) electrons. The molecule has 3 heterocycles. The minimum Gasteiger partial charge on any atom is -0.467 e. The van der Waals surface area contributed by atoms with Crippen LogP contribution in [0.3, 0.4) is 0 Å². The number of nitrogens with one attached hydrogen (secondary N) is 1. The third-order valence-corrected chi connectivity index (χ3v) is 4.47. The summed E-state index contributed by atoms with van der Waals surface area (Å²) in [5.41, 5.74) is 3.94. The van der Waals surface area contributed by atoms with Gasteiger partial charge in [0.1, 0.15) is 17.5 Å². The third-order valence-electron chi connectivity index (χ3n) is 4.47. The van der Waals surface area contributed by atoms with Crippen LogP contribution >= 0.6 is 0 Å². The van der Waals surface area contributed by atoms with E-state index in [0.717, 1.165) is 40.4 Å². The van der Waals surface area contributed by atoms with Crippen LogP contribution in [0.4, 0.5) is 5.69 Å². The van der Waals surface area contributed by atoms with Crippen molar-refractivity contribution in [3.05, 3.63) is 84.6 Å². The Morgan fingerprint density at radius 3 is 2.60 bits per heavy atom. The summed E-state index contributed by atoms with van der Waals surface area (Å²) in [6.07, 6.45) is 2.44. The fraction of sp³-hybridized carbons (Fsp3) is 0.100. The zero-order chi connectivity index (χ0) is 16.6. The highest BCUT2D eigenvalue weighted by Crippen LogP contribution is 2.36. The topological polar surface area (TPSA) is 57.4 Å². The number of aromatic amines is 1. The number of rotatable bonds is 3. The van der Waals surface area contributed by atoms with Crippen LogP contribution < -0.4 is 5.01 Å². The zero-order valence-corrected chi connectivity index (χ0v) is 13.5. The quantitative estimate of drug-likeness (QED) is 0.602. The largest absolute Gasteiger partial charge is 0.467 e. The average Bonchev–Trinajstić information content (AvgIpc) is 3.39. The van der Waals surface area contributed by atoms with E-state index in [4.69, 9.17) is 14.5 Å². The van der Waals surface area contributed by atoms with Gasteiger partial charge in [-0.15, -0.1) is 0 Å². The lowest BCUT2D eigenvalue weighted by Crippen LogP contribution is -2.17. The fourth-order valence-corrected chi connectivity index (χ4v) is 3.26. The second-order valence-electron chi connectivity index (χ2n) is 6.06. The van der Waals surface area contributed by atoms with Crippen molar-refractivity contribution < 1.29 is 4.42 Å². The van der Waals surface area contributed by atoms with Gasteiger partial charge in [0.15, 0.2) is 5.82 Å². The minimum absolute atomic E-state index is 0.0283. The van der Waals surface area contributed by atoms with Crippen molar-refractivity contribution in [3.8, 4) is 0 Å². The Morgan fingerprint density at radius 2 is 1.80 bits per heavy atom. The van der Waals surface area contributed by atoms with Gasteiger partial charge in [-0.25, -0.2) is 4.98 Å². The number of furan rings is 1. The second-order valence-corrected chi connectivity index (χ2v) is 6.06. The maximum atomic E-state index is 5.67. The molecule has 4 aromatic rings. The minimum atomic E-state index is 0.0283. The predicted molar refractivity (Wildman–Crippen MR) is 97.6 cm³/mol. The number of hydrazone groups is 1. The van der Waals surface area contributed by atoms with Crippen LogP contribution in [-0.4, -0.2) is 15.7 Å². The number of anilines is 1. The molecule has 5 rings (SSSR count). The Bertz CT molecular complexity index is 1000. The highest BCUT2D eigenvalue weighted by atomic mass is 16.3. The van der Waals surface area contributed by atoms with Crippen LogP contribution in [0.1, 0.15) is 24.0 Å². The van der Waals surface area contributed by atoms with Crippen molar-refractivity contribution in [1.29, 1.82) is 0 Å². The smallest absolute Gasteiger partial charge is 0.154 e. The van der Waals surface area contributed by atoms with E-state index in [1.807, 2.05) is 59.6 Å². The first-order valence-electron chi connectivity index (χ1n) is 8.29. The molecule has 1 atom stereocenters. The van der Waals surface area contributed by atoms with E-state index < -0.39 is 0 Å². The molecule has 0 saturated heterocycles. The molecule has 25 heavy (non-hydrogen) atoms. The summed E-state index contributed by atoms with van der Waals surface area (Å²) in [4.78, 5) is 8.07. The van der Waals surface area contributed by atoms with Gasteiger partial charge in [0.05, 0.1) is 23.0 Å².